The molecule has 1 atom stereocenters. The second-order valence-electron chi connectivity index (χ2n) is 6.61. The second-order valence-corrected chi connectivity index (χ2v) is 6.61. The van der Waals surface area contributed by atoms with Crippen LogP contribution in [-0.4, -0.2) is 19.6 Å². The monoisotopic (exact) mass is 359 g/mol. The van der Waals surface area contributed by atoms with Gasteiger partial charge in [-0.2, -0.15) is 0 Å². The predicted octanol–water partition coefficient (Wildman–Crippen LogP) is 4.52. The lowest BCUT2D eigenvalue weighted by Gasteiger charge is -2.21. The Bertz CT molecular complexity index is 774. The molecule has 0 aliphatic rings. The zero-order valence-electron chi connectivity index (χ0n) is 15.9. The zero-order valence-corrected chi connectivity index (χ0v) is 15.9. The molecule has 0 bridgehead atoms. The fraction of sp³-hybridized carbons (Fsp3) is 0.381. The number of ether oxygens (including phenoxy) is 2. The van der Waals surface area contributed by atoms with Crippen molar-refractivity contribution in [3.63, 3.8) is 0 Å². The summed E-state index contributed by atoms with van der Waals surface area (Å²) in [6, 6.07) is 9.88. The van der Waals surface area contributed by atoms with E-state index in [0.29, 0.717) is 5.92 Å². The third kappa shape index (κ3) is 4.75. The molecule has 1 N–H and O–H groups in total. The average molecular weight is 359 g/mol. The van der Waals surface area contributed by atoms with Gasteiger partial charge in [0.25, 0.3) is 5.91 Å². The number of nitrogens with one attached hydrogen (secondary N) is 1. The van der Waals surface area contributed by atoms with Crippen LogP contribution in [0.25, 0.3) is 0 Å². The van der Waals surface area contributed by atoms with Gasteiger partial charge in [-0.15, -0.1) is 0 Å². The molecule has 0 heterocycles. The van der Waals surface area contributed by atoms with Crippen LogP contribution in [0.1, 0.15) is 49.4 Å². The summed E-state index contributed by atoms with van der Waals surface area (Å²) in [5, 5.41) is 2.90. The molecule has 0 saturated heterocycles. The molecule has 1 amide bonds. The van der Waals surface area contributed by atoms with Crippen molar-refractivity contribution in [2.24, 2.45) is 0 Å². The fourth-order valence-electron chi connectivity index (χ4n) is 2.88. The molecule has 2 aromatic carbocycles. The average Bonchev–Trinajstić information content (AvgIpc) is 2.60. The first-order valence-electron chi connectivity index (χ1n) is 8.68. The molecule has 140 valence electrons. The highest BCUT2D eigenvalue weighted by Crippen LogP contribution is 2.32. The first-order valence-corrected chi connectivity index (χ1v) is 8.68. The summed E-state index contributed by atoms with van der Waals surface area (Å²) in [5.41, 5.74) is 3.15. The van der Waals surface area contributed by atoms with Crippen LogP contribution >= 0.6 is 0 Å². The van der Waals surface area contributed by atoms with Crippen LogP contribution in [0.2, 0.25) is 0 Å². The fourth-order valence-corrected chi connectivity index (χ4v) is 2.88. The van der Waals surface area contributed by atoms with Crippen LogP contribution in [0.15, 0.2) is 36.4 Å². The topological polar surface area (TPSA) is 47.6 Å². The molecular formula is C21H26FNO3. The van der Waals surface area contributed by atoms with Gasteiger partial charge in [-0.3, -0.25) is 4.79 Å². The van der Waals surface area contributed by atoms with E-state index in [1.54, 1.807) is 19.2 Å². The molecule has 0 radical (unpaired) electrons. The summed E-state index contributed by atoms with van der Waals surface area (Å²) in [6.07, 6.45) is 0. The SMILES string of the molecule is COc1cc(C)c([C@@H](C)NC(=O)COc2ccccc2F)cc1C(C)C. The lowest BCUT2D eigenvalue weighted by Crippen LogP contribution is -2.31. The molecule has 4 nitrogen and oxygen atoms in total. The van der Waals surface area contributed by atoms with E-state index in [2.05, 4.69) is 25.2 Å². The number of hydrogen-bond donors (Lipinski definition) is 1. The molecule has 0 spiro atoms. The standard InChI is InChI=1S/C21H26FNO3/c1-13(2)16-11-17(14(3)10-20(16)25-5)15(4)23-21(24)12-26-19-9-7-6-8-18(19)22/h6-11,13,15H,12H2,1-5H3,(H,23,24)/t15-/m1/s1. The van der Waals surface area contributed by atoms with Crippen molar-refractivity contribution >= 4 is 5.91 Å². The molecule has 0 fully saturated rings. The molecule has 5 heteroatoms. The van der Waals surface area contributed by atoms with Crippen molar-refractivity contribution in [2.45, 2.75) is 39.7 Å². The number of aryl methyl sites for hydroxylation is 1. The maximum absolute atomic E-state index is 13.5. The van der Waals surface area contributed by atoms with Crippen LogP contribution in [0.5, 0.6) is 11.5 Å². The molecule has 2 rings (SSSR count). The number of carbonyl (C=O) groups is 1. The van der Waals surface area contributed by atoms with Crippen molar-refractivity contribution in [2.75, 3.05) is 13.7 Å². The summed E-state index contributed by atoms with van der Waals surface area (Å²) >= 11 is 0. The second kappa shape index (κ2) is 8.70. The van der Waals surface area contributed by atoms with Crippen molar-refractivity contribution in [3.8, 4) is 11.5 Å². The number of amides is 1. The number of halogens is 1. The van der Waals surface area contributed by atoms with Crippen LogP contribution in [-0.2, 0) is 4.79 Å². The van der Waals surface area contributed by atoms with Gasteiger partial charge in [0.2, 0.25) is 0 Å². The predicted molar refractivity (Wildman–Crippen MR) is 100 cm³/mol. The third-order valence-corrected chi connectivity index (χ3v) is 4.28. The van der Waals surface area contributed by atoms with Gasteiger partial charge in [0, 0.05) is 0 Å². The molecular weight excluding hydrogens is 333 g/mol. The minimum Gasteiger partial charge on any atom is -0.496 e. The van der Waals surface area contributed by atoms with Crippen LogP contribution in [0.3, 0.4) is 0 Å². The van der Waals surface area contributed by atoms with Gasteiger partial charge in [0.05, 0.1) is 13.2 Å². The maximum Gasteiger partial charge on any atom is 0.258 e. The Labute approximate surface area is 154 Å². The third-order valence-electron chi connectivity index (χ3n) is 4.28. The first-order chi connectivity index (χ1) is 12.3. The van der Waals surface area contributed by atoms with E-state index in [9.17, 15) is 9.18 Å². The summed E-state index contributed by atoms with van der Waals surface area (Å²) in [5.74, 6) is 0.431. The van der Waals surface area contributed by atoms with Gasteiger partial charge in [0.15, 0.2) is 18.2 Å². The van der Waals surface area contributed by atoms with Crippen molar-refractivity contribution in [1.29, 1.82) is 0 Å². The van der Waals surface area contributed by atoms with E-state index in [1.165, 1.54) is 12.1 Å². The molecule has 0 saturated carbocycles. The molecule has 0 unspecified atom stereocenters. The summed E-state index contributed by atoms with van der Waals surface area (Å²) in [7, 11) is 1.66. The number of para-hydroxylation sites is 1. The first kappa shape index (κ1) is 19.8. The maximum atomic E-state index is 13.5. The number of methoxy groups -OCH3 is 1. The normalized spacial score (nSPS) is 12.0. The van der Waals surface area contributed by atoms with E-state index >= 15 is 0 Å². The lowest BCUT2D eigenvalue weighted by molar-refractivity contribution is -0.123. The summed E-state index contributed by atoms with van der Waals surface area (Å²) < 4.78 is 24.3. The minimum absolute atomic E-state index is 0.0676. The molecule has 0 aliphatic heterocycles. The van der Waals surface area contributed by atoms with Crippen LogP contribution < -0.4 is 14.8 Å². The number of carbonyl (C=O) groups excluding carboxylic acids is 1. The van der Waals surface area contributed by atoms with E-state index in [0.717, 1.165) is 22.4 Å². The lowest BCUT2D eigenvalue weighted by atomic mass is 9.93. The van der Waals surface area contributed by atoms with Crippen molar-refractivity contribution in [1.82, 2.24) is 5.32 Å². The zero-order chi connectivity index (χ0) is 19.3. The Morgan fingerprint density at radius 1 is 1.12 bits per heavy atom. The highest BCUT2D eigenvalue weighted by molar-refractivity contribution is 5.78. The Kier molecular flexibility index (Phi) is 6.61. The Morgan fingerprint density at radius 3 is 2.42 bits per heavy atom. The van der Waals surface area contributed by atoms with Crippen molar-refractivity contribution < 1.29 is 18.7 Å². The van der Waals surface area contributed by atoms with E-state index in [4.69, 9.17) is 9.47 Å². The quantitative estimate of drug-likeness (QED) is 0.790. The molecule has 26 heavy (non-hydrogen) atoms. The summed E-state index contributed by atoms with van der Waals surface area (Å²) in [4.78, 5) is 12.2. The number of hydrogen-bond acceptors (Lipinski definition) is 3. The van der Waals surface area contributed by atoms with Gasteiger partial charge >= 0.3 is 0 Å². The van der Waals surface area contributed by atoms with Gasteiger partial charge in [-0.05, 0) is 60.7 Å². The number of rotatable bonds is 7. The van der Waals surface area contributed by atoms with E-state index in [-0.39, 0.29) is 24.3 Å². The summed E-state index contributed by atoms with van der Waals surface area (Å²) in [6.45, 7) is 7.86. The Balaban J connectivity index is 2.07. The minimum atomic E-state index is -0.485. The van der Waals surface area contributed by atoms with Gasteiger partial charge in [-0.25, -0.2) is 4.39 Å². The highest BCUT2D eigenvalue weighted by Gasteiger charge is 2.17. The van der Waals surface area contributed by atoms with Gasteiger partial charge < -0.3 is 14.8 Å². The van der Waals surface area contributed by atoms with E-state index in [1.807, 2.05) is 19.9 Å². The van der Waals surface area contributed by atoms with E-state index < -0.39 is 5.82 Å². The smallest absolute Gasteiger partial charge is 0.258 e. The Morgan fingerprint density at radius 2 is 1.81 bits per heavy atom. The highest BCUT2D eigenvalue weighted by atomic mass is 19.1. The van der Waals surface area contributed by atoms with Crippen molar-refractivity contribution in [3.05, 3.63) is 58.9 Å². The van der Waals surface area contributed by atoms with Gasteiger partial charge in [-0.1, -0.05) is 26.0 Å². The van der Waals surface area contributed by atoms with Gasteiger partial charge in [0.1, 0.15) is 5.75 Å². The number of benzene rings is 2. The van der Waals surface area contributed by atoms with Crippen LogP contribution in [0, 0.1) is 12.7 Å². The largest absolute Gasteiger partial charge is 0.496 e. The molecule has 0 aliphatic carbocycles. The molecule has 2 aromatic rings. The molecule has 0 aromatic heterocycles. The Hall–Kier alpha value is -2.56. The van der Waals surface area contributed by atoms with Crippen LogP contribution in [0.4, 0.5) is 4.39 Å².